The minimum absolute atomic E-state index is 0.369. The summed E-state index contributed by atoms with van der Waals surface area (Å²) in [6, 6.07) is 8.03. The predicted molar refractivity (Wildman–Crippen MR) is 70.6 cm³/mol. The zero-order valence-corrected chi connectivity index (χ0v) is 11.4. The Bertz CT molecular complexity index is 436. The molecule has 1 rings (SSSR count). The Morgan fingerprint density at radius 3 is 2.56 bits per heavy atom. The summed E-state index contributed by atoms with van der Waals surface area (Å²) in [5, 5.41) is 12.2. The highest BCUT2D eigenvalue weighted by Gasteiger charge is 2.16. The van der Waals surface area contributed by atoms with Gasteiger partial charge in [-0.3, -0.25) is 0 Å². The minimum atomic E-state index is -0.369. The van der Waals surface area contributed by atoms with E-state index in [9.17, 15) is 0 Å². The number of hydrogen-bond acceptors (Lipinski definition) is 4. The molecule has 1 aromatic carbocycles. The Hall–Kier alpha value is -1.73. The Kier molecular flexibility index (Phi) is 4.99. The Balaban J connectivity index is 2.71. The fourth-order valence-electron chi connectivity index (χ4n) is 1.64. The van der Waals surface area contributed by atoms with Crippen molar-refractivity contribution in [3.63, 3.8) is 0 Å². The molecule has 0 fully saturated rings. The number of rotatable bonds is 6. The molecule has 0 bridgehead atoms. The van der Waals surface area contributed by atoms with E-state index in [1.807, 2.05) is 32.0 Å². The van der Waals surface area contributed by atoms with Crippen LogP contribution >= 0.6 is 0 Å². The maximum atomic E-state index is 8.94. The van der Waals surface area contributed by atoms with E-state index in [0.29, 0.717) is 13.1 Å². The quantitative estimate of drug-likeness (QED) is 0.839. The highest BCUT2D eigenvalue weighted by Crippen LogP contribution is 2.30. The molecule has 18 heavy (non-hydrogen) atoms. The first kappa shape index (κ1) is 14.3. The van der Waals surface area contributed by atoms with Crippen molar-refractivity contribution in [2.75, 3.05) is 20.8 Å². The van der Waals surface area contributed by atoms with Gasteiger partial charge < -0.3 is 14.8 Å². The van der Waals surface area contributed by atoms with E-state index in [1.165, 1.54) is 0 Å². The van der Waals surface area contributed by atoms with Crippen LogP contribution in [0.3, 0.4) is 0 Å². The fourth-order valence-corrected chi connectivity index (χ4v) is 1.64. The van der Waals surface area contributed by atoms with E-state index in [1.54, 1.807) is 14.2 Å². The first-order chi connectivity index (χ1) is 8.54. The lowest BCUT2D eigenvalue weighted by atomic mass is 9.96. The predicted octanol–water partition coefficient (Wildman–Crippen LogP) is 2.34. The van der Waals surface area contributed by atoms with Crippen LogP contribution in [0.2, 0.25) is 0 Å². The number of benzene rings is 1. The second kappa shape index (κ2) is 6.27. The summed E-state index contributed by atoms with van der Waals surface area (Å²) in [4.78, 5) is 0. The second-order valence-electron chi connectivity index (χ2n) is 4.75. The molecule has 0 aromatic heterocycles. The fraction of sp³-hybridized carbons (Fsp3) is 0.500. The molecule has 1 N–H and O–H groups in total. The number of ether oxygens (including phenoxy) is 2. The van der Waals surface area contributed by atoms with E-state index in [4.69, 9.17) is 14.7 Å². The second-order valence-corrected chi connectivity index (χ2v) is 4.75. The standard InChI is InChI=1S/C14H20N2O2/c1-14(2,9-15)10-16-8-11-6-5-7-12(17-3)13(11)18-4/h5-7,16H,8,10H2,1-4H3. The molecular formula is C14H20N2O2. The normalized spacial score (nSPS) is 10.8. The molecule has 4 nitrogen and oxygen atoms in total. The van der Waals surface area contributed by atoms with Crippen molar-refractivity contribution in [2.45, 2.75) is 20.4 Å². The lowest BCUT2D eigenvalue weighted by Crippen LogP contribution is -2.27. The van der Waals surface area contributed by atoms with Crippen molar-refractivity contribution in [3.8, 4) is 17.6 Å². The van der Waals surface area contributed by atoms with Gasteiger partial charge in [-0.25, -0.2) is 0 Å². The topological polar surface area (TPSA) is 54.3 Å². The van der Waals surface area contributed by atoms with Gasteiger partial charge in [0.2, 0.25) is 0 Å². The van der Waals surface area contributed by atoms with E-state index in [0.717, 1.165) is 17.1 Å². The molecule has 0 atom stereocenters. The summed E-state index contributed by atoms with van der Waals surface area (Å²) < 4.78 is 10.6. The zero-order chi connectivity index (χ0) is 13.6. The van der Waals surface area contributed by atoms with Gasteiger partial charge in [-0.05, 0) is 19.9 Å². The molecule has 0 amide bonds. The van der Waals surface area contributed by atoms with Gasteiger partial charge in [-0.1, -0.05) is 12.1 Å². The Morgan fingerprint density at radius 1 is 1.28 bits per heavy atom. The zero-order valence-electron chi connectivity index (χ0n) is 11.4. The van der Waals surface area contributed by atoms with Crippen molar-refractivity contribution < 1.29 is 9.47 Å². The molecule has 0 saturated heterocycles. The summed E-state index contributed by atoms with van der Waals surface area (Å²) in [5.74, 6) is 1.46. The van der Waals surface area contributed by atoms with E-state index >= 15 is 0 Å². The van der Waals surface area contributed by atoms with Crippen LogP contribution < -0.4 is 14.8 Å². The Morgan fingerprint density at radius 2 is 2.00 bits per heavy atom. The minimum Gasteiger partial charge on any atom is -0.493 e. The number of para-hydroxylation sites is 1. The van der Waals surface area contributed by atoms with Crippen LogP contribution in [0.15, 0.2) is 18.2 Å². The maximum Gasteiger partial charge on any atom is 0.165 e. The van der Waals surface area contributed by atoms with Gasteiger partial charge in [0.25, 0.3) is 0 Å². The van der Waals surface area contributed by atoms with Gasteiger partial charge >= 0.3 is 0 Å². The van der Waals surface area contributed by atoms with Crippen LogP contribution in [0.1, 0.15) is 19.4 Å². The van der Waals surface area contributed by atoms with Gasteiger partial charge in [0.05, 0.1) is 25.7 Å². The van der Waals surface area contributed by atoms with Gasteiger partial charge in [-0.15, -0.1) is 0 Å². The number of hydrogen-bond donors (Lipinski definition) is 1. The van der Waals surface area contributed by atoms with Gasteiger partial charge in [0, 0.05) is 18.7 Å². The molecule has 0 heterocycles. The van der Waals surface area contributed by atoms with Crippen LogP contribution in [0, 0.1) is 16.7 Å². The lowest BCUT2D eigenvalue weighted by molar-refractivity contribution is 0.349. The van der Waals surface area contributed by atoms with Crippen LogP contribution in [-0.4, -0.2) is 20.8 Å². The lowest BCUT2D eigenvalue weighted by Gasteiger charge is -2.17. The SMILES string of the molecule is COc1cccc(CNCC(C)(C)C#N)c1OC. The first-order valence-electron chi connectivity index (χ1n) is 5.86. The number of methoxy groups -OCH3 is 2. The van der Waals surface area contributed by atoms with Crippen LogP contribution in [0.25, 0.3) is 0 Å². The van der Waals surface area contributed by atoms with Crippen molar-refractivity contribution >= 4 is 0 Å². The molecular weight excluding hydrogens is 228 g/mol. The van der Waals surface area contributed by atoms with E-state index < -0.39 is 0 Å². The average Bonchev–Trinajstić information content (AvgIpc) is 2.38. The summed E-state index contributed by atoms with van der Waals surface area (Å²) in [6.45, 7) is 5.08. The third kappa shape index (κ3) is 3.64. The smallest absolute Gasteiger partial charge is 0.165 e. The van der Waals surface area contributed by atoms with Crippen molar-refractivity contribution in [3.05, 3.63) is 23.8 Å². The van der Waals surface area contributed by atoms with Crippen molar-refractivity contribution in [1.82, 2.24) is 5.32 Å². The summed E-state index contributed by atoms with van der Waals surface area (Å²) >= 11 is 0. The molecule has 98 valence electrons. The third-order valence-electron chi connectivity index (χ3n) is 2.67. The summed E-state index contributed by atoms with van der Waals surface area (Å²) in [6.07, 6.45) is 0. The van der Waals surface area contributed by atoms with Crippen LogP contribution in [-0.2, 0) is 6.54 Å². The highest BCUT2D eigenvalue weighted by atomic mass is 16.5. The molecule has 4 heteroatoms. The molecule has 0 spiro atoms. The van der Waals surface area contributed by atoms with Crippen molar-refractivity contribution in [2.24, 2.45) is 5.41 Å². The molecule has 0 radical (unpaired) electrons. The molecule has 1 aromatic rings. The molecule has 0 aliphatic carbocycles. The monoisotopic (exact) mass is 248 g/mol. The number of nitrogens with zero attached hydrogens (tertiary/aromatic N) is 1. The number of nitrogens with one attached hydrogen (secondary N) is 1. The molecule has 0 aliphatic rings. The summed E-state index contributed by atoms with van der Waals surface area (Å²) in [7, 11) is 3.24. The van der Waals surface area contributed by atoms with Crippen LogP contribution in [0.4, 0.5) is 0 Å². The molecule has 0 aliphatic heterocycles. The maximum absolute atomic E-state index is 8.94. The largest absolute Gasteiger partial charge is 0.493 e. The van der Waals surface area contributed by atoms with Crippen LogP contribution in [0.5, 0.6) is 11.5 Å². The third-order valence-corrected chi connectivity index (χ3v) is 2.67. The van der Waals surface area contributed by atoms with E-state index in [-0.39, 0.29) is 5.41 Å². The Labute approximate surface area is 109 Å². The first-order valence-corrected chi connectivity index (χ1v) is 5.86. The van der Waals surface area contributed by atoms with Gasteiger partial charge in [-0.2, -0.15) is 5.26 Å². The molecule has 0 saturated carbocycles. The number of nitriles is 1. The average molecular weight is 248 g/mol. The van der Waals surface area contributed by atoms with Crippen molar-refractivity contribution in [1.29, 1.82) is 5.26 Å². The van der Waals surface area contributed by atoms with Gasteiger partial charge in [0.1, 0.15) is 0 Å². The van der Waals surface area contributed by atoms with E-state index in [2.05, 4.69) is 11.4 Å². The molecule has 0 unspecified atom stereocenters. The summed E-state index contributed by atoms with van der Waals surface area (Å²) in [5.41, 5.74) is 0.650. The van der Waals surface area contributed by atoms with Gasteiger partial charge in [0.15, 0.2) is 11.5 Å². The highest BCUT2D eigenvalue weighted by molar-refractivity contribution is 5.46.